The first kappa shape index (κ1) is 56.2. The molecule has 0 aliphatic carbocycles. The van der Waals surface area contributed by atoms with Crippen molar-refractivity contribution in [3.05, 3.63) is 108 Å². The number of benzene rings is 2. The van der Waals surface area contributed by atoms with E-state index in [2.05, 4.69) is 59.9 Å². The van der Waals surface area contributed by atoms with Crippen LogP contribution in [0.2, 0.25) is 0 Å². The van der Waals surface area contributed by atoms with E-state index in [1.807, 2.05) is 0 Å². The zero-order valence-corrected chi connectivity index (χ0v) is 38.8. The molecule has 0 saturated carbocycles. The first-order valence-electron chi connectivity index (χ1n) is 19.5. The van der Waals surface area contributed by atoms with Gasteiger partial charge in [0.15, 0.2) is 0 Å². The van der Waals surface area contributed by atoms with Crippen molar-refractivity contribution >= 4 is 42.1 Å². The zero-order valence-electron chi connectivity index (χ0n) is 36.4. The van der Waals surface area contributed by atoms with Gasteiger partial charge in [0.05, 0.1) is 42.3 Å². The van der Waals surface area contributed by atoms with Gasteiger partial charge >= 0.3 is 28.5 Å². The quantitative estimate of drug-likeness (QED) is 0.0461. The minimum absolute atomic E-state index is 0.0447. The van der Waals surface area contributed by atoms with E-state index < -0.39 is 90.6 Å². The van der Waals surface area contributed by atoms with E-state index in [0.717, 1.165) is 19.4 Å². The number of nitrogens with zero attached hydrogens (tertiary/aromatic N) is 9. The van der Waals surface area contributed by atoms with Gasteiger partial charge in [-0.15, -0.1) is 20.4 Å². The van der Waals surface area contributed by atoms with Crippen LogP contribution in [0.5, 0.6) is 0 Å². The van der Waals surface area contributed by atoms with Crippen LogP contribution in [0.25, 0.3) is 22.9 Å². The average Bonchev–Trinajstić information content (AvgIpc) is 3.99. The molecule has 0 spiro atoms. The number of anilines is 2. The Morgan fingerprint density at radius 1 is 0.643 bits per heavy atom. The van der Waals surface area contributed by atoms with Crippen molar-refractivity contribution in [2.24, 2.45) is 0 Å². The molecular formula is C37H39F9N12O9S3. The van der Waals surface area contributed by atoms with Crippen molar-refractivity contribution in [2.75, 3.05) is 49.4 Å². The standard InChI is InChI=1S/C18H19F3N6O3S.C16H15F3N6O3S.C3H5F3O3S/c1-3-27(31(2,28)29)10-14(11-4-6-13(19)7-5-11)24-18-22-8-12(9-23-18)16-25-26-17(30-16)15(20)21;1-29(26,27)22-8-12(9-2-4-11(17)5-3-9)23-16-20-6-10(7-21-16)14-24-25-15(28-14)13(18)19;1-2-9-10(7,8)3(4,5)6/h4-9,14-15H,3,10H2,1-2H3,(H,22,23,24);2-7,12-13,22H,8H2,1H3,(H,20,21,23);2H2,1H3. The van der Waals surface area contributed by atoms with E-state index >= 15 is 0 Å². The van der Waals surface area contributed by atoms with Crippen molar-refractivity contribution in [1.82, 2.24) is 49.4 Å². The fourth-order valence-electron chi connectivity index (χ4n) is 5.25. The highest BCUT2D eigenvalue weighted by Gasteiger charge is 2.47. The number of sulfonamides is 2. The van der Waals surface area contributed by atoms with Gasteiger partial charge in [-0.05, 0) is 42.3 Å². The summed E-state index contributed by atoms with van der Waals surface area (Å²) in [7, 11) is -12.3. The van der Waals surface area contributed by atoms with E-state index in [1.165, 1.54) is 77.6 Å². The molecule has 2 aromatic carbocycles. The van der Waals surface area contributed by atoms with Gasteiger partial charge < -0.3 is 19.5 Å². The first-order chi connectivity index (χ1) is 32.7. The topological polar surface area (TPSA) is 280 Å². The summed E-state index contributed by atoms with van der Waals surface area (Å²) in [4.78, 5) is 16.3. The van der Waals surface area contributed by atoms with Crippen molar-refractivity contribution in [3.8, 4) is 22.9 Å². The summed E-state index contributed by atoms with van der Waals surface area (Å²) >= 11 is 0. The van der Waals surface area contributed by atoms with E-state index in [-0.39, 0.29) is 54.4 Å². The van der Waals surface area contributed by atoms with Crippen LogP contribution in [0.1, 0.15) is 61.7 Å². The van der Waals surface area contributed by atoms with Crippen LogP contribution in [-0.4, -0.2) is 114 Å². The SMILES string of the molecule is CCN(CC(Nc1ncc(-c2nnc(C(F)F)o2)cn1)c1ccc(F)cc1)S(C)(=O)=O.CCOS(=O)(=O)C(F)(F)F.CS(=O)(=O)NCC(Nc1ncc(-c2nnc(C(F)F)o2)cn1)c1ccc(F)cc1. The number of likely N-dealkylation sites (N-methyl/N-ethyl adjacent to an activating group) is 1. The van der Waals surface area contributed by atoms with Gasteiger partial charge in [0.25, 0.3) is 23.6 Å². The molecule has 0 saturated heterocycles. The highest BCUT2D eigenvalue weighted by molar-refractivity contribution is 7.88. The molecular weight excluding hydrogens is 1020 g/mol. The summed E-state index contributed by atoms with van der Waals surface area (Å²) in [5.74, 6) is -2.57. The second kappa shape index (κ2) is 24.4. The molecule has 2 unspecified atom stereocenters. The van der Waals surface area contributed by atoms with Gasteiger partial charge in [-0.2, -0.15) is 39.2 Å². The van der Waals surface area contributed by atoms with E-state index in [4.69, 9.17) is 8.83 Å². The minimum atomic E-state index is -5.35. The molecule has 0 fully saturated rings. The molecule has 0 bridgehead atoms. The minimum Gasteiger partial charge on any atom is -0.415 e. The van der Waals surface area contributed by atoms with E-state index in [0.29, 0.717) is 11.1 Å². The van der Waals surface area contributed by atoms with Gasteiger partial charge in [-0.25, -0.2) is 54.6 Å². The number of hydrogen-bond acceptors (Lipinski definition) is 19. The van der Waals surface area contributed by atoms with Crippen LogP contribution in [0, 0.1) is 11.6 Å². The monoisotopic (exact) mass is 1060 g/mol. The highest BCUT2D eigenvalue weighted by Crippen LogP contribution is 2.27. The number of rotatable bonds is 19. The van der Waals surface area contributed by atoms with Crippen LogP contribution < -0.4 is 15.4 Å². The van der Waals surface area contributed by atoms with Gasteiger partial charge in [0.2, 0.25) is 31.9 Å². The lowest BCUT2D eigenvalue weighted by Crippen LogP contribution is -2.36. The number of alkyl halides is 7. The predicted octanol–water partition coefficient (Wildman–Crippen LogP) is 6.22. The molecule has 4 aromatic heterocycles. The summed E-state index contributed by atoms with van der Waals surface area (Å²) in [6.45, 7) is 2.59. The van der Waals surface area contributed by atoms with Crippen LogP contribution in [-0.2, 0) is 34.3 Å². The second-order valence-electron chi connectivity index (χ2n) is 13.7. The Morgan fingerprint density at radius 2 is 1.04 bits per heavy atom. The Balaban J connectivity index is 0.000000256. The second-order valence-corrected chi connectivity index (χ2v) is 19.1. The highest BCUT2D eigenvalue weighted by atomic mass is 32.2. The maximum atomic E-state index is 13.3. The smallest absolute Gasteiger partial charge is 0.415 e. The Labute approximate surface area is 392 Å². The Morgan fingerprint density at radius 3 is 1.36 bits per heavy atom. The van der Waals surface area contributed by atoms with Crippen LogP contribution in [0.15, 0.2) is 82.2 Å². The zero-order chi connectivity index (χ0) is 52.0. The molecule has 0 aliphatic heterocycles. The summed E-state index contributed by atoms with van der Waals surface area (Å²) in [6, 6.07) is 9.87. The number of halogens is 9. The molecule has 0 aliphatic rings. The first-order valence-corrected chi connectivity index (χ1v) is 24.6. The third-order valence-corrected chi connectivity index (χ3v) is 11.7. The van der Waals surface area contributed by atoms with Crippen molar-refractivity contribution in [2.45, 2.75) is 44.3 Å². The predicted molar refractivity (Wildman–Crippen MR) is 228 cm³/mol. The van der Waals surface area contributed by atoms with Crippen molar-refractivity contribution in [1.29, 1.82) is 0 Å². The van der Waals surface area contributed by atoms with Crippen LogP contribution in [0.3, 0.4) is 0 Å². The van der Waals surface area contributed by atoms with Crippen molar-refractivity contribution < 1.29 is 77.8 Å². The molecule has 382 valence electrons. The molecule has 4 heterocycles. The van der Waals surface area contributed by atoms with Gasteiger partial charge in [0, 0.05) is 44.4 Å². The lowest BCUT2D eigenvalue weighted by Gasteiger charge is -2.26. The molecule has 6 rings (SSSR count). The Hall–Kier alpha value is -6.42. The average molecular weight is 1060 g/mol. The van der Waals surface area contributed by atoms with Crippen LogP contribution in [0.4, 0.5) is 51.4 Å². The summed E-state index contributed by atoms with van der Waals surface area (Å²) in [6.07, 6.45) is 1.49. The molecule has 3 N–H and O–H groups in total. The maximum Gasteiger partial charge on any atom is 0.523 e. The van der Waals surface area contributed by atoms with Gasteiger partial charge in [-0.3, -0.25) is 4.18 Å². The third kappa shape index (κ3) is 17.2. The molecule has 33 heteroatoms. The Bertz CT molecular complexity index is 2920. The van der Waals surface area contributed by atoms with E-state index in [9.17, 15) is 64.8 Å². The lowest BCUT2D eigenvalue weighted by molar-refractivity contribution is -0.0539. The van der Waals surface area contributed by atoms with Gasteiger partial charge in [0.1, 0.15) is 11.6 Å². The number of aromatic nitrogens is 8. The summed E-state index contributed by atoms with van der Waals surface area (Å²) in [5.41, 5.74) is -3.64. The van der Waals surface area contributed by atoms with E-state index in [1.54, 1.807) is 6.92 Å². The molecule has 0 radical (unpaired) electrons. The molecule has 6 aromatic rings. The normalized spacial score (nSPS) is 13.0. The van der Waals surface area contributed by atoms with Crippen molar-refractivity contribution in [3.63, 3.8) is 0 Å². The summed E-state index contributed by atoms with van der Waals surface area (Å²) in [5, 5.41) is 19.4. The number of nitrogens with one attached hydrogen (secondary N) is 3. The molecule has 70 heavy (non-hydrogen) atoms. The number of hydrogen-bond donors (Lipinski definition) is 3. The third-order valence-electron chi connectivity index (χ3n) is 8.52. The maximum absolute atomic E-state index is 13.3. The fraction of sp³-hybridized carbons (Fsp3) is 0.351. The Kier molecular flexibility index (Phi) is 19.6. The van der Waals surface area contributed by atoms with Gasteiger partial charge in [-0.1, -0.05) is 31.2 Å². The molecule has 2 atom stereocenters. The lowest BCUT2D eigenvalue weighted by atomic mass is 10.1. The molecule has 0 amide bonds. The fourth-order valence-corrected chi connectivity index (χ4v) is 7.05. The largest absolute Gasteiger partial charge is 0.523 e. The van der Waals surface area contributed by atoms with Crippen LogP contribution >= 0.6 is 0 Å². The molecule has 21 nitrogen and oxygen atoms in total. The summed E-state index contributed by atoms with van der Waals surface area (Å²) < 4.78 is 194.